The van der Waals surface area contributed by atoms with Crippen LogP contribution in [0.2, 0.25) is 0 Å². The first-order chi connectivity index (χ1) is 12.1. The van der Waals surface area contributed by atoms with Crippen molar-refractivity contribution >= 4 is 17.5 Å². The maximum absolute atomic E-state index is 13.2. The molecule has 0 spiro atoms. The molecule has 0 saturated heterocycles. The summed E-state index contributed by atoms with van der Waals surface area (Å²) in [6.07, 6.45) is 7.18. The number of benzene rings is 1. The molecular weight excluding hydrogens is 319 g/mol. The predicted molar refractivity (Wildman–Crippen MR) is 100 cm³/mol. The molecule has 0 saturated carbocycles. The minimum atomic E-state index is -0.327. The van der Waals surface area contributed by atoms with Crippen LogP contribution in [-0.4, -0.2) is 24.9 Å². The van der Waals surface area contributed by atoms with Crippen molar-refractivity contribution in [2.75, 3.05) is 18.0 Å². The van der Waals surface area contributed by atoms with Gasteiger partial charge in [0.25, 0.3) is 0 Å². The number of carbonyl (C=O) groups is 2. The summed E-state index contributed by atoms with van der Waals surface area (Å²) in [5.41, 5.74) is 0.671. The number of hydrogen-bond acceptors (Lipinski definition) is 2. The summed E-state index contributed by atoms with van der Waals surface area (Å²) in [6.45, 7) is 4.91. The van der Waals surface area contributed by atoms with E-state index < -0.39 is 0 Å². The molecule has 0 fully saturated rings. The van der Waals surface area contributed by atoms with Gasteiger partial charge in [-0.25, -0.2) is 4.39 Å². The lowest BCUT2D eigenvalue weighted by Crippen LogP contribution is -2.38. The summed E-state index contributed by atoms with van der Waals surface area (Å²) in [6, 6.07) is 5.93. The Balaban J connectivity index is 2.59. The Bertz CT molecular complexity index is 517. The van der Waals surface area contributed by atoms with Crippen molar-refractivity contribution in [3.63, 3.8) is 0 Å². The molecule has 0 aliphatic carbocycles. The fourth-order valence-electron chi connectivity index (χ4n) is 2.66. The first-order valence-electron chi connectivity index (χ1n) is 9.41. The Morgan fingerprint density at radius 2 is 1.64 bits per heavy atom. The van der Waals surface area contributed by atoms with Gasteiger partial charge in [0.05, 0.1) is 0 Å². The van der Waals surface area contributed by atoms with E-state index in [9.17, 15) is 14.0 Å². The van der Waals surface area contributed by atoms with E-state index in [2.05, 4.69) is 12.2 Å². The van der Waals surface area contributed by atoms with Crippen LogP contribution in [0.15, 0.2) is 24.3 Å². The third kappa shape index (κ3) is 8.66. The Morgan fingerprint density at radius 3 is 2.28 bits per heavy atom. The van der Waals surface area contributed by atoms with E-state index in [1.54, 1.807) is 17.0 Å². The number of hydrogen-bond donors (Lipinski definition) is 1. The van der Waals surface area contributed by atoms with E-state index in [4.69, 9.17) is 0 Å². The molecule has 1 rings (SSSR count). The van der Waals surface area contributed by atoms with Gasteiger partial charge in [-0.1, -0.05) is 39.5 Å². The molecule has 4 nitrogen and oxygen atoms in total. The molecule has 140 valence electrons. The lowest BCUT2D eigenvalue weighted by Gasteiger charge is -2.23. The number of rotatable bonds is 12. The van der Waals surface area contributed by atoms with Crippen LogP contribution in [0.1, 0.15) is 65.2 Å². The number of nitrogens with one attached hydrogen (secondary N) is 1. The fourth-order valence-corrected chi connectivity index (χ4v) is 2.66. The maximum atomic E-state index is 13.2. The third-order valence-corrected chi connectivity index (χ3v) is 4.07. The molecule has 1 aromatic carbocycles. The second-order valence-electron chi connectivity index (χ2n) is 6.29. The van der Waals surface area contributed by atoms with Crippen molar-refractivity contribution in [1.29, 1.82) is 0 Å². The van der Waals surface area contributed by atoms with E-state index in [0.717, 1.165) is 25.7 Å². The molecular formula is C20H31FN2O2. The van der Waals surface area contributed by atoms with Crippen LogP contribution in [0.25, 0.3) is 0 Å². The van der Waals surface area contributed by atoms with Crippen molar-refractivity contribution in [2.24, 2.45) is 0 Å². The average Bonchev–Trinajstić information content (AvgIpc) is 2.59. The van der Waals surface area contributed by atoms with Crippen molar-refractivity contribution in [2.45, 2.75) is 65.2 Å². The summed E-state index contributed by atoms with van der Waals surface area (Å²) >= 11 is 0. The van der Waals surface area contributed by atoms with Crippen LogP contribution < -0.4 is 10.2 Å². The lowest BCUT2D eigenvalue weighted by molar-refractivity contribution is -0.121. The van der Waals surface area contributed by atoms with Crippen molar-refractivity contribution in [1.82, 2.24) is 5.32 Å². The SMILES string of the molecule is CCCCCCCC(=O)N(CCNC(=O)CCC)c1ccc(F)cc1. The van der Waals surface area contributed by atoms with Crippen molar-refractivity contribution < 1.29 is 14.0 Å². The van der Waals surface area contributed by atoms with E-state index in [1.165, 1.54) is 25.0 Å². The van der Waals surface area contributed by atoms with Crippen molar-refractivity contribution in [3.05, 3.63) is 30.1 Å². The second kappa shape index (κ2) is 12.5. The molecule has 2 amide bonds. The number of unbranched alkanes of at least 4 members (excludes halogenated alkanes) is 4. The minimum absolute atomic E-state index is 0.00595. The molecule has 0 aliphatic heterocycles. The van der Waals surface area contributed by atoms with Crippen LogP contribution >= 0.6 is 0 Å². The van der Waals surface area contributed by atoms with E-state index in [1.807, 2.05) is 6.92 Å². The largest absolute Gasteiger partial charge is 0.354 e. The molecule has 0 unspecified atom stereocenters. The van der Waals surface area contributed by atoms with Gasteiger partial charge in [0.2, 0.25) is 11.8 Å². The summed E-state index contributed by atoms with van der Waals surface area (Å²) < 4.78 is 13.2. The Morgan fingerprint density at radius 1 is 0.960 bits per heavy atom. The molecule has 0 bridgehead atoms. The number of nitrogens with zero attached hydrogens (tertiary/aromatic N) is 1. The summed E-state index contributed by atoms with van der Waals surface area (Å²) in [7, 11) is 0. The standard InChI is InChI=1S/C20H31FN2O2/c1-3-5-6-7-8-10-20(25)23(16-15-22-19(24)9-4-2)18-13-11-17(21)12-14-18/h11-14H,3-10,15-16H2,1-2H3,(H,22,24). The highest BCUT2D eigenvalue weighted by Crippen LogP contribution is 2.17. The highest BCUT2D eigenvalue weighted by molar-refractivity contribution is 5.93. The van der Waals surface area contributed by atoms with Gasteiger partial charge in [-0.05, 0) is 37.1 Å². The minimum Gasteiger partial charge on any atom is -0.354 e. The van der Waals surface area contributed by atoms with Crippen LogP contribution in [0.5, 0.6) is 0 Å². The Labute approximate surface area is 150 Å². The molecule has 0 radical (unpaired) electrons. The van der Waals surface area contributed by atoms with Gasteiger partial charge >= 0.3 is 0 Å². The van der Waals surface area contributed by atoms with Gasteiger partial charge < -0.3 is 10.2 Å². The van der Waals surface area contributed by atoms with Gasteiger partial charge in [-0.2, -0.15) is 0 Å². The monoisotopic (exact) mass is 350 g/mol. The normalized spacial score (nSPS) is 10.5. The van der Waals surface area contributed by atoms with Gasteiger partial charge in [0.15, 0.2) is 0 Å². The molecule has 5 heteroatoms. The Hall–Kier alpha value is -1.91. The summed E-state index contributed by atoms with van der Waals surface area (Å²) in [4.78, 5) is 25.8. The number of halogens is 1. The zero-order valence-corrected chi connectivity index (χ0v) is 15.5. The first-order valence-corrected chi connectivity index (χ1v) is 9.41. The molecule has 0 aromatic heterocycles. The topological polar surface area (TPSA) is 49.4 Å². The molecule has 25 heavy (non-hydrogen) atoms. The number of anilines is 1. The molecule has 0 atom stereocenters. The van der Waals surface area contributed by atoms with Crippen LogP contribution in [0.4, 0.5) is 10.1 Å². The zero-order valence-electron chi connectivity index (χ0n) is 15.5. The van der Waals surface area contributed by atoms with Gasteiger partial charge in [0, 0.05) is 31.6 Å². The van der Waals surface area contributed by atoms with E-state index in [-0.39, 0.29) is 17.6 Å². The molecule has 1 aromatic rings. The predicted octanol–water partition coefficient (Wildman–Crippen LogP) is 4.44. The van der Waals surface area contributed by atoms with Gasteiger partial charge in [-0.3, -0.25) is 9.59 Å². The zero-order chi connectivity index (χ0) is 18.5. The second-order valence-corrected chi connectivity index (χ2v) is 6.29. The highest BCUT2D eigenvalue weighted by atomic mass is 19.1. The maximum Gasteiger partial charge on any atom is 0.227 e. The average molecular weight is 350 g/mol. The summed E-state index contributed by atoms with van der Waals surface area (Å²) in [5.74, 6) is -0.312. The Kier molecular flexibility index (Phi) is 10.5. The third-order valence-electron chi connectivity index (χ3n) is 4.07. The molecule has 0 heterocycles. The first kappa shape index (κ1) is 21.1. The van der Waals surface area contributed by atoms with E-state index in [0.29, 0.717) is 31.6 Å². The van der Waals surface area contributed by atoms with E-state index >= 15 is 0 Å². The fraction of sp³-hybridized carbons (Fsp3) is 0.600. The van der Waals surface area contributed by atoms with Crippen LogP contribution in [0, 0.1) is 5.82 Å². The van der Waals surface area contributed by atoms with Crippen LogP contribution in [0.3, 0.4) is 0 Å². The number of amides is 2. The van der Waals surface area contributed by atoms with Gasteiger partial charge in [0.1, 0.15) is 5.82 Å². The lowest BCUT2D eigenvalue weighted by atomic mass is 10.1. The smallest absolute Gasteiger partial charge is 0.227 e. The quantitative estimate of drug-likeness (QED) is 0.567. The highest BCUT2D eigenvalue weighted by Gasteiger charge is 2.15. The molecule has 0 aliphatic rings. The summed E-state index contributed by atoms with van der Waals surface area (Å²) in [5, 5.41) is 2.83. The van der Waals surface area contributed by atoms with Crippen molar-refractivity contribution in [3.8, 4) is 0 Å². The van der Waals surface area contributed by atoms with Crippen LogP contribution in [-0.2, 0) is 9.59 Å². The molecule has 1 N–H and O–H groups in total. The number of carbonyl (C=O) groups excluding carboxylic acids is 2. The van der Waals surface area contributed by atoms with Gasteiger partial charge in [-0.15, -0.1) is 0 Å².